The van der Waals surface area contributed by atoms with E-state index in [1.807, 2.05) is 12.3 Å². The molecular weight excluding hydrogens is 582 g/mol. The number of methoxy groups -OCH3 is 2. The van der Waals surface area contributed by atoms with Crippen LogP contribution in [0.1, 0.15) is 89.7 Å². The van der Waals surface area contributed by atoms with Crippen LogP contribution in [0, 0.1) is 18.6 Å². The van der Waals surface area contributed by atoms with Crippen LogP contribution in [0.25, 0.3) is 21.8 Å². The molecule has 6 nitrogen and oxygen atoms in total. The molecule has 0 radical (unpaired) electrons. The normalized spacial score (nSPS) is 15.9. The Balaban J connectivity index is 0.000000161. The minimum Gasteiger partial charge on any atom is -0.465 e. The highest BCUT2D eigenvalue weighted by atomic mass is 79.9. The van der Waals surface area contributed by atoms with Gasteiger partial charge in [-0.2, -0.15) is 0 Å². The number of rotatable bonds is 4. The van der Waals surface area contributed by atoms with E-state index >= 15 is 0 Å². The van der Waals surface area contributed by atoms with Gasteiger partial charge in [0, 0.05) is 40.8 Å². The fourth-order valence-electron chi connectivity index (χ4n) is 6.13. The van der Waals surface area contributed by atoms with Crippen LogP contribution in [0.5, 0.6) is 0 Å². The molecule has 40 heavy (non-hydrogen) atoms. The Labute approximate surface area is 240 Å². The summed E-state index contributed by atoms with van der Waals surface area (Å²) >= 11 is 3.22. The van der Waals surface area contributed by atoms with Crippen molar-refractivity contribution >= 4 is 49.7 Å². The number of nitrogens with zero attached hydrogens (tertiary/aromatic N) is 2. The maximum Gasteiger partial charge on any atom is 0.340 e. The van der Waals surface area contributed by atoms with Crippen LogP contribution in [0.15, 0.2) is 41.1 Å². The first-order chi connectivity index (χ1) is 19.2. The van der Waals surface area contributed by atoms with Crippen LogP contribution in [-0.4, -0.2) is 35.3 Å². The molecule has 0 saturated heterocycles. The van der Waals surface area contributed by atoms with E-state index in [4.69, 9.17) is 9.47 Å². The van der Waals surface area contributed by atoms with Crippen molar-refractivity contribution in [3.63, 3.8) is 0 Å². The van der Waals surface area contributed by atoms with Crippen LogP contribution in [-0.2, 0) is 9.47 Å². The molecule has 2 aromatic heterocycles. The van der Waals surface area contributed by atoms with Crippen molar-refractivity contribution in [1.29, 1.82) is 0 Å². The van der Waals surface area contributed by atoms with Gasteiger partial charge < -0.3 is 18.6 Å². The van der Waals surface area contributed by atoms with Crippen molar-refractivity contribution in [2.24, 2.45) is 0 Å². The van der Waals surface area contributed by atoms with E-state index in [0.29, 0.717) is 44.0 Å². The van der Waals surface area contributed by atoms with Gasteiger partial charge >= 0.3 is 11.9 Å². The SMILES string of the molecule is COC(=O)c1cn(C2CCCC2)c2cc(Br)c(F)cc12.COC(=O)c1cn(C2CCCC2)c2cc(C)c(F)cc12. The van der Waals surface area contributed by atoms with Gasteiger partial charge in [-0.1, -0.05) is 25.7 Å². The minimum absolute atomic E-state index is 0.285. The van der Waals surface area contributed by atoms with E-state index in [1.54, 1.807) is 19.2 Å². The number of hydrogen-bond acceptors (Lipinski definition) is 4. The van der Waals surface area contributed by atoms with E-state index < -0.39 is 11.9 Å². The topological polar surface area (TPSA) is 62.5 Å². The van der Waals surface area contributed by atoms with Gasteiger partial charge in [0.05, 0.1) is 35.3 Å². The molecule has 2 saturated carbocycles. The molecule has 0 amide bonds. The lowest BCUT2D eigenvalue weighted by molar-refractivity contribution is 0.0593. The number of fused-ring (bicyclic) bond motifs is 2. The molecule has 9 heteroatoms. The van der Waals surface area contributed by atoms with Crippen molar-refractivity contribution in [1.82, 2.24) is 9.13 Å². The molecule has 212 valence electrons. The number of carbonyl (C=O) groups is 2. The lowest BCUT2D eigenvalue weighted by Crippen LogP contribution is -2.04. The van der Waals surface area contributed by atoms with Crippen molar-refractivity contribution in [3.05, 3.63) is 69.5 Å². The number of esters is 2. The Bertz CT molecular complexity index is 1460. The fourth-order valence-corrected chi connectivity index (χ4v) is 6.46. The van der Waals surface area contributed by atoms with Crippen molar-refractivity contribution in [2.45, 2.75) is 70.4 Å². The Hall–Kier alpha value is -3.20. The molecule has 2 heterocycles. The summed E-state index contributed by atoms with van der Waals surface area (Å²) in [5, 5.41) is 1.26. The van der Waals surface area contributed by atoms with E-state index in [-0.39, 0.29) is 11.6 Å². The summed E-state index contributed by atoms with van der Waals surface area (Å²) in [5.74, 6) is -1.48. The Morgan fingerprint density at radius 1 is 0.750 bits per heavy atom. The van der Waals surface area contributed by atoms with Crippen LogP contribution in [0.2, 0.25) is 0 Å². The lowest BCUT2D eigenvalue weighted by atomic mass is 10.1. The van der Waals surface area contributed by atoms with E-state index in [9.17, 15) is 18.4 Å². The van der Waals surface area contributed by atoms with E-state index in [0.717, 1.165) is 36.7 Å². The van der Waals surface area contributed by atoms with E-state index in [1.165, 1.54) is 52.0 Å². The molecule has 0 bridgehead atoms. The molecular formula is C31H33BrF2N2O4. The second-order valence-corrected chi connectivity index (χ2v) is 11.5. The second-order valence-electron chi connectivity index (χ2n) is 10.7. The zero-order chi connectivity index (χ0) is 28.6. The van der Waals surface area contributed by atoms with Gasteiger partial charge in [-0.25, -0.2) is 18.4 Å². The van der Waals surface area contributed by atoms with Crippen molar-refractivity contribution in [2.75, 3.05) is 14.2 Å². The lowest BCUT2D eigenvalue weighted by Gasteiger charge is -2.13. The number of ether oxygens (including phenoxy) is 2. The van der Waals surface area contributed by atoms with Crippen molar-refractivity contribution < 1.29 is 27.8 Å². The number of halogens is 3. The quantitative estimate of drug-likeness (QED) is 0.216. The number of carbonyl (C=O) groups excluding carboxylic acids is 2. The average Bonchev–Trinajstić information content (AvgIpc) is 3.75. The van der Waals surface area contributed by atoms with Crippen LogP contribution < -0.4 is 0 Å². The zero-order valence-electron chi connectivity index (χ0n) is 22.9. The first kappa shape index (κ1) is 28.3. The summed E-state index contributed by atoms with van der Waals surface area (Å²) in [4.78, 5) is 23.8. The predicted octanol–water partition coefficient (Wildman–Crippen LogP) is 8.44. The first-order valence-corrected chi connectivity index (χ1v) is 14.5. The molecule has 2 aromatic carbocycles. The third kappa shape index (κ3) is 5.28. The third-order valence-electron chi connectivity index (χ3n) is 8.24. The van der Waals surface area contributed by atoms with Gasteiger partial charge in [0.25, 0.3) is 0 Å². The third-order valence-corrected chi connectivity index (χ3v) is 8.84. The Morgan fingerprint density at radius 2 is 1.18 bits per heavy atom. The molecule has 4 aromatic rings. The molecule has 6 rings (SSSR count). The van der Waals surface area contributed by atoms with Gasteiger partial charge in [-0.05, 0) is 78.4 Å². The summed E-state index contributed by atoms with van der Waals surface area (Å²) in [5.41, 5.74) is 3.29. The van der Waals surface area contributed by atoms with Crippen LogP contribution in [0.4, 0.5) is 8.78 Å². The maximum absolute atomic E-state index is 13.8. The monoisotopic (exact) mass is 614 g/mol. The highest BCUT2D eigenvalue weighted by Gasteiger charge is 2.25. The number of aromatic nitrogens is 2. The molecule has 0 unspecified atom stereocenters. The highest BCUT2D eigenvalue weighted by Crippen LogP contribution is 2.37. The van der Waals surface area contributed by atoms with E-state index in [2.05, 4.69) is 25.1 Å². The first-order valence-electron chi connectivity index (χ1n) is 13.7. The number of benzene rings is 2. The summed E-state index contributed by atoms with van der Waals surface area (Å²) < 4.78 is 41.9. The summed E-state index contributed by atoms with van der Waals surface area (Å²) in [6, 6.07) is 7.21. The zero-order valence-corrected chi connectivity index (χ0v) is 24.5. The van der Waals surface area contributed by atoms with Gasteiger partial charge in [-0.3, -0.25) is 0 Å². The fraction of sp³-hybridized carbons (Fsp3) is 0.419. The summed E-state index contributed by atoms with van der Waals surface area (Å²) in [6.07, 6.45) is 12.8. The highest BCUT2D eigenvalue weighted by molar-refractivity contribution is 9.10. The molecule has 0 spiro atoms. The molecule has 2 fully saturated rings. The molecule has 2 aliphatic rings. The van der Waals surface area contributed by atoms with Gasteiger partial charge in [0.2, 0.25) is 0 Å². The smallest absolute Gasteiger partial charge is 0.340 e. The summed E-state index contributed by atoms with van der Waals surface area (Å²) in [7, 11) is 2.70. The maximum atomic E-state index is 13.8. The number of hydrogen-bond donors (Lipinski definition) is 0. The van der Waals surface area contributed by atoms with Crippen LogP contribution >= 0.6 is 15.9 Å². The molecule has 2 aliphatic carbocycles. The van der Waals surface area contributed by atoms with Gasteiger partial charge in [-0.15, -0.1) is 0 Å². The number of aryl methyl sites for hydroxylation is 1. The molecule has 0 atom stereocenters. The van der Waals surface area contributed by atoms with Gasteiger partial charge in [0.15, 0.2) is 0 Å². The average molecular weight is 616 g/mol. The van der Waals surface area contributed by atoms with Crippen molar-refractivity contribution in [3.8, 4) is 0 Å². The van der Waals surface area contributed by atoms with Crippen LogP contribution in [0.3, 0.4) is 0 Å². The largest absolute Gasteiger partial charge is 0.465 e. The minimum atomic E-state index is -0.423. The standard InChI is InChI=1S/C16H18FNO2.C15H15BrFNO2/c1-10-7-15-12(8-14(10)17)13(16(19)20-2)9-18(15)11-5-3-4-6-11;1-20-15(19)11-8-18(9-4-2-3-5-9)14-7-12(16)13(17)6-10(11)14/h7-9,11H,3-6H2,1-2H3;6-9H,2-5H2,1H3. The summed E-state index contributed by atoms with van der Waals surface area (Å²) in [6.45, 7) is 1.75. The Morgan fingerprint density at radius 3 is 1.62 bits per heavy atom. The molecule has 0 aliphatic heterocycles. The predicted molar refractivity (Wildman–Crippen MR) is 154 cm³/mol. The Kier molecular flexibility index (Phi) is 8.31. The van der Waals surface area contributed by atoms with Gasteiger partial charge in [0.1, 0.15) is 11.6 Å². The second kappa shape index (κ2) is 11.7. The molecule has 0 N–H and O–H groups in total.